The van der Waals surface area contributed by atoms with Crippen LogP contribution in [-0.2, 0) is 14.3 Å². The smallest absolute Gasteiger partial charge is 0.305 e. The van der Waals surface area contributed by atoms with E-state index in [4.69, 9.17) is 20.3 Å². The van der Waals surface area contributed by atoms with Gasteiger partial charge in [-0.1, -0.05) is 0 Å². The summed E-state index contributed by atoms with van der Waals surface area (Å²) in [6.45, 7) is 0.530. The van der Waals surface area contributed by atoms with E-state index in [0.717, 1.165) is 6.42 Å². The Kier molecular flexibility index (Phi) is 7.37. The summed E-state index contributed by atoms with van der Waals surface area (Å²) in [6.07, 6.45) is 0.959. The van der Waals surface area contributed by atoms with Crippen molar-refractivity contribution < 1.29 is 19.4 Å². The molecule has 0 bridgehead atoms. The lowest BCUT2D eigenvalue weighted by Gasteiger charge is -2.19. The number of hydrogen-bond donors (Lipinski definition) is 2. The first kappa shape index (κ1) is 13.4. The lowest BCUT2D eigenvalue weighted by Crippen LogP contribution is -2.25. The first-order valence-electron chi connectivity index (χ1n) is 4.61. The maximum absolute atomic E-state index is 10.5. The predicted molar refractivity (Wildman–Crippen MR) is 52.1 cm³/mol. The molecular formula is C9H19NO4. The molecule has 0 aromatic carbocycles. The topological polar surface area (TPSA) is 81.8 Å². The number of methoxy groups -OCH3 is 2. The summed E-state index contributed by atoms with van der Waals surface area (Å²) in [7, 11) is 3.09. The number of nitrogens with two attached hydrogens (primary N) is 1. The fourth-order valence-electron chi connectivity index (χ4n) is 1.27. The zero-order valence-corrected chi connectivity index (χ0v) is 8.73. The molecular weight excluding hydrogens is 186 g/mol. The summed E-state index contributed by atoms with van der Waals surface area (Å²) >= 11 is 0. The van der Waals surface area contributed by atoms with Crippen molar-refractivity contribution in [2.75, 3.05) is 20.8 Å². The van der Waals surface area contributed by atoms with Gasteiger partial charge in [-0.2, -0.15) is 0 Å². The molecule has 2 atom stereocenters. The molecule has 5 nitrogen and oxygen atoms in total. The standard InChI is InChI=1S/C9H19NO4/c1-13-7(3-4-10)5-8(14-2)6-9(11)12/h7-8H,3-6,10H2,1-2H3,(H,11,12). The molecule has 0 saturated heterocycles. The Hall–Kier alpha value is -0.650. The van der Waals surface area contributed by atoms with Gasteiger partial charge in [-0.25, -0.2) is 0 Å². The van der Waals surface area contributed by atoms with Crippen molar-refractivity contribution in [3.8, 4) is 0 Å². The van der Waals surface area contributed by atoms with Gasteiger partial charge < -0.3 is 20.3 Å². The predicted octanol–water partition coefficient (Wildman–Crippen LogP) is 0.230. The first-order chi connectivity index (χ1) is 6.63. The van der Waals surface area contributed by atoms with Crippen LogP contribution < -0.4 is 5.73 Å². The van der Waals surface area contributed by atoms with Crippen LogP contribution in [0, 0.1) is 0 Å². The van der Waals surface area contributed by atoms with Gasteiger partial charge in [0.2, 0.25) is 0 Å². The second-order valence-corrected chi connectivity index (χ2v) is 3.13. The van der Waals surface area contributed by atoms with Crippen molar-refractivity contribution in [2.24, 2.45) is 5.73 Å². The molecule has 0 spiro atoms. The molecule has 14 heavy (non-hydrogen) atoms. The molecule has 0 radical (unpaired) electrons. The van der Waals surface area contributed by atoms with Gasteiger partial charge in [0.25, 0.3) is 0 Å². The minimum Gasteiger partial charge on any atom is -0.481 e. The van der Waals surface area contributed by atoms with Crippen molar-refractivity contribution >= 4 is 5.97 Å². The molecule has 0 aromatic heterocycles. The van der Waals surface area contributed by atoms with Crippen molar-refractivity contribution in [1.29, 1.82) is 0 Å². The Morgan fingerprint density at radius 1 is 1.36 bits per heavy atom. The zero-order chi connectivity index (χ0) is 11.0. The first-order valence-corrected chi connectivity index (χ1v) is 4.61. The summed E-state index contributed by atoms with van der Waals surface area (Å²) in [5.74, 6) is -0.862. The number of aliphatic carboxylic acids is 1. The average Bonchev–Trinajstić information content (AvgIpc) is 2.15. The summed E-state index contributed by atoms with van der Waals surface area (Å²) in [5, 5.41) is 8.58. The van der Waals surface area contributed by atoms with Gasteiger partial charge in [0, 0.05) is 20.6 Å². The number of rotatable bonds is 8. The lowest BCUT2D eigenvalue weighted by atomic mass is 10.1. The highest BCUT2D eigenvalue weighted by Gasteiger charge is 2.17. The van der Waals surface area contributed by atoms with Crippen LogP contribution >= 0.6 is 0 Å². The molecule has 0 saturated carbocycles. The van der Waals surface area contributed by atoms with Crippen LogP contribution in [-0.4, -0.2) is 44.0 Å². The summed E-state index contributed by atoms with van der Waals surface area (Å²) in [4.78, 5) is 10.5. The highest BCUT2D eigenvalue weighted by atomic mass is 16.5. The van der Waals surface area contributed by atoms with Gasteiger partial charge in [0.05, 0.1) is 18.6 Å². The maximum Gasteiger partial charge on any atom is 0.305 e. The molecule has 0 aliphatic rings. The summed E-state index contributed by atoms with van der Waals surface area (Å²) in [6, 6.07) is 0. The molecule has 0 aliphatic heterocycles. The lowest BCUT2D eigenvalue weighted by molar-refractivity contribution is -0.140. The third kappa shape index (κ3) is 5.90. The molecule has 0 fully saturated rings. The molecule has 84 valence electrons. The Bertz CT molecular complexity index is 163. The quantitative estimate of drug-likeness (QED) is 0.592. The molecule has 0 aliphatic carbocycles. The number of carbonyl (C=O) groups is 1. The summed E-state index contributed by atoms with van der Waals surface area (Å²) in [5.41, 5.74) is 5.39. The Balaban J connectivity index is 3.93. The second kappa shape index (κ2) is 7.73. The fourth-order valence-corrected chi connectivity index (χ4v) is 1.27. The third-order valence-electron chi connectivity index (χ3n) is 2.08. The minimum atomic E-state index is -0.862. The van der Waals surface area contributed by atoms with Gasteiger partial charge in [0.1, 0.15) is 0 Å². The molecule has 0 rings (SSSR count). The second-order valence-electron chi connectivity index (χ2n) is 3.13. The maximum atomic E-state index is 10.5. The number of ether oxygens (including phenoxy) is 2. The molecule has 3 N–H and O–H groups in total. The van der Waals surface area contributed by atoms with E-state index in [1.54, 1.807) is 7.11 Å². The van der Waals surface area contributed by atoms with Crippen molar-refractivity contribution in [3.05, 3.63) is 0 Å². The van der Waals surface area contributed by atoms with E-state index < -0.39 is 5.97 Å². The molecule has 2 unspecified atom stereocenters. The van der Waals surface area contributed by atoms with Crippen LogP contribution in [0.15, 0.2) is 0 Å². The largest absolute Gasteiger partial charge is 0.481 e. The van der Waals surface area contributed by atoms with Crippen LogP contribution in [0.2, 0.25) is 0 Å². The Morgan fingerprint density at radius 3 is 2.29 bits per heavy atom. The van der Waals surface area contributed by atoms with Crippen LogP contribution in [0.3, 0.4) is 0 Å². The monoisotopic (exact) mass is 205 g/mol. The van der Waals surface area contributed by atoms with Crippen LogP contribution in [0.25, 0.3) is 0 Å². The Labute approximate surface area is 84.2 Å². The number of hydrogen-bond acceptors (Lipinski definition) is 4. The van der Waals surface area contributed by atoms with Crippen molar-refractivity contribution in [1.82, 2.24) is 0 Å². The van der Waals surface area contributed by atoms with E-state index in [2.05, 4.69) is 0 Å². The number of carboxylic acids is 1. The third-order valence-corrected chi connectivity index (χ3v) is 2.08. The molecule has 0 amide bonds. The Morgan fingerprint density at radius 2 is 1.93 bits per heavy atom. The fraction of sp³-hybridized carbons (Fsp3) is 0.889. The highest BCUT2D eigenvalue weighted by molar-refractivity contribution is 5.67. The molecule has 0 heterocycles. The summed E-state index contributed by atoms with van der Waals surface area (Å²) < 4.78 is 10.2. The van der Waals surface area contributed by atoms with Crippen LogP contribution in [0.5, 0.6) is 0 Å². The normalized spacial score (nSPS) is 15.1. The van der Waals surface area contributed by atoms with Gasteiger partial charge in [-0.3, -0.25) is 4.79 Å². The SMILES string of the molecule is COC(CCN)CC(CC(=O)O)OC. The molecule has 5 heteroatoms. The van der Waals surface area contributed by atoms with E-state index in [9.17, 15) is 4.79 Å². The van der Waals surface area contributed by atoms with Crippen molar-refractivity contribution in [2.45, 2.75) is 31.5 Å². The van der Waals surface area contributed by atoms with Gasteiger partial charge in [-0.15, -0.1) is 0 Å². The van der Waals surface area contributed by atoms with E-state index in [0.29, 0.717) is 13.0 Å². The molecule has 0 aromatic rings. The highest BCUT2D eigenvalue weighted by Crippen LogP contribution is 2.11. The minimum absolute atomic E-state index is 0.000924. The van der Waals surface area contributed by atoms with Crippen molar-refractivity contribution in [3.63, 3.8) is 0 Å². The van der Waals surface area contributed by atoms with Crippen LogP contribution in [0.1, 0.15) is 19.3 Å². The van der Waals surface area contributed by atoms with E-state index in [1.165, 1.54) is 7.11 Å². The number of carboxylic acid groups (broad SMARTS) is 1. The van der Waals surface area contributed by atoms with E-state index >= 15 is 0 Å². The van der Waals surface area contributed by atoms with E-state index in [1.807, 2.05) is 0 Å². The van der Waals surface area contributed by atoms with E-state index in [-0.39, 0.29) is 18.6 Å². The van der Waals surface area contributed by atoms with Crippen LogP contribution in [0.4, 0.5) is 0 Å². The average molecular weight is 205 g/mol. The van der Waals surface area contributed by atoms with Gasteiger partial charge in [-0.05, 0) is 13.0 Å². The van der Waals surface area contributed by atoms with Gasteiger partial charge >= 0.3 is 5.97 Å². The zero-order valence-electron chi connectivity index (χ0n) is 8.73. The van der Waals surface area contributed by atoms with Gasteiger partial charge in [0.15, 0.2) is 0 Å².